The van der Waals surface area contributed by atoms with E-state index in [4.69, 9.17) is 4.74 Å². The van der Waals surface area contributed by atoms with Gasteiger partial charge in [-0.25, -0.2) is 12.7 Å². The van der Waals surface area contributed by atoms with E-state index < -0.39 is 10.0 Å². The van der Waals surface area contributed by atoms with Crippen LogP contribution >= 0.6 is 0 Å². The molecular weight excluding hydrogens is 412 g/mol. The first-order valence-electron chi connectivity index (χ1n) is 10.9. The predicted molar refractivity (Wildman–Crippen MR) is 122 cm³/mol. The van der Waals surface area contributed by atoms with Crippen molar-refractivity contribution >= 4 is 15.9 Å². The number of benzene rings is 2. The molecule has 0 bridgehead atoms. The second-order valence-corrected chi connectivity index (χ2v) is 10.2. The van der Waals surface area contributed by atoms with Gasteiger partial charge in [0.25, 0.3) is 0 Å². The first-order chi connectivity index (χ1) is 14.9. The Kier molecular flexibility index (Phi) is 8.09. The molecule has 168 valence electrons. The fraction of sp³-hybridized carbons (Fsp3) is 0.458. The Morgan fingerprint density at radius 1 is 1.16 bits per heavy atom. The number of hydrogen-bond donors (Lipinski definition) is 1. The molecule has 1 saturated heterocycles. The summed E-state index contributed by atoms with van der Waals surface area (Å²) >= 11 is 0. The lowest BCUT2D eigenvalue weighted by atomic mass is 9.97. The molecule has 0 aliphatic carbocycles. The van der Waals surface area contributed by atoms with Crippen molar-refractivity contribution in [3.8, 4) is 5.75 Å². The van der Waals surface area contributed by atoms with Crippen LogP contribution in [-0.2, 0) is 21.2 Å². The summed E-state index contributed by atoms with van der Waals surface area (Å²) in [7, 11) is -1.77. The Morgan fingerprint density at radius 2 is 1.87 bits per heavy atom. The average molecular weight is 445 g/mol. The highest BCUT2D eigenvalue weighted by molar-refractivity contribution is 7.89. The van der Waals surface area contributed by atoms with Crippen LogP contribution in [0.15, 0.2) is 54.6 Å². The number of carbonyl (C=O) groups excluding carboxylic acids is 1. The number of piperidine rings is 1. The van der Waals surface area contributed by atoms with Crippen LogP contribution in [0.1, 0.15) is 43.4 Å². The number of rotatable bonds is 9. The van der Waals surface area contributed by atoms with Gasteiger partial charge >= 0.3 is 0 Å². The van der Waals surface area contributed by atoms with Gasteiger partial charge < -0.3 is 10.1 Å². The minimum atomic E-state index is -3.38. The fourth-order valence-electron chi connectivity index (χ4n) is 4.07. The second-order valence-electron chi connectivity index (χ2n) is 8.07. The molecule has 2 atom stereocenters. The van der Waals surface area contributed by atoms with E-state index in [-0.39, 0.29) is 30.2 Å². The van der Waals surface area contributed by atoms with Crippen LogP contribution < -0.4 is 10.1 Å². The van der Waals surface area contributed by atoms with E-state index in [9.17, 15) is 13.2 Å². The SMILES string of the molecule is COc1ccccc1[C@H](C)NC(=O)[C@@H]1CCCN(S(=O)(=O)CCCc2ccccc2)C1. The van der Waals surface area contributed by atoms with Crippen molar-refractivity contribution in [3.05, 3.63) is 65.7 Å². The Morgan fingerprint density at radius 3 is 2.61 bits per heavy atom. The summed E-state index contributed by atoms with van der Waals surface area (Å²) in [5, 5.41) is 3.04. The molecule has 0 unspecified atom stereocenters. The van der Waals surface area contributed by atoms with Crippen molar-refractivity contribution in [2.75, 3.05) is 26.0 Å². The van der Waals surface area contributed by atoms with Crippen LogP contribution in [0.5, 0.6) is 5.75 Å². The van der Waals surface area contributed by atoms with Crippen LogP contribution in [0.4, 0.5) is 0 Å². The molecule has 0 saturated carbocycles. The summed E-state index contributed by atoms with van der Waals surface area (Å²) in [5.74, 6) is 0.382. The first-order valence-corrected chi connectivity index (χ1v) is 12.5. The van der Waals surface area contributed by atoms with Gasteiger partial charge in [0.05, 0.1) is 24.8 Å². The van der Waals surface area contributed by atoms with E-state index in [2.05, 4.69) is 5.32 Å². The van der Waals surface area contributed by atoms with E-state index >= 15 is 0 Å². The van der Waals surface area contributed by atoms with E-state index in [0.717, 1.165) is 23.3 Å². The number of para-hydroxylation sites is 1. The zero-order valence-corrected chi connectivity index (χ0v) is 19.1. The fourth-order valence-corrected chi connectivity index (χ4v) is 5.66. The van der Waals surface area contributed by atoms with Gasteiger partial charge in [0.1, 0.15) is 5.75 Å². The molecule has 7 heteroatoms. The number of aryl methyl sites for hydroxylation is 1. The lowest BCUT2D eigenvalue weighted by Gasteiger charge is -2.32. The topological polar surface area (TPSA) is 75.7 Å². The molecule has 2 aromatic carbocycles. The van der Waals surface area contributed by atoms with Gasteiger partial charge in [-0.1, -0.05) is 48.5 Å². The van der Waals surface area contributed by atoms with Crippen LogP contribution in [0, 0.1) is 5.92 Å². The van der Waals surface area contributed by atoms with Gasteiger partial charge in [0, 0.05) is 18.7 Å². The molecule has 0 aromatic heterocycles. The Bertz CT molecular complexity index is 963. The third-order valence-electron chi connectivity index (χ3n) is 5.82. The smallest absolute Gasteiger partial charge is 0.224 e. The molecule has 1 aliphatic heterocycles. The number of nitrogens with zero attached hydrogens (tertiary/aromatic N) is 1. The predicted octanol–water partition coefficient (Wildman–Crippen LogP) is 3.55. The van der Waals surface area contributed by atoms with Gasteiger partial charge in [-0.05, 0) is 44.2 Å². The lowest BCUT2D eigenvalue weighted by molar-refractivity contribution is -0.126. The Labute approximate surface area is 185 Å². The molecule has 31 heavy (non-hydrogen) atoms. The van der Waals surface area contributed by atoms with Crippen molar-refractivity contribution in [2.45, 2.75) is 38.6 Å². The largest absolute Gasteiger partial charge is 0.496 e. The van der Waals surface area contributed by atoms with Crippen LogP contribution in [0.25, 0.3) is 0 Å². The molecule has 2 aromatic rings. The van der Waals surface area contributed by atoms with Crippen molar-refractivity contribution in [3.63, 3.8) is 0 Å². The molecule has 0 spiro atoms. The maximum Gasteiger partial charge on any atom is 0.224 e. The normalized spacial score (nSPS) is 18.3. The van der Waals surface area contributed by atoms with Crippen molar-refractivity contribution in [1.82, 2.24) is 9.62 Å². The molecule has 1 amide bonds. The summed E-state index contributed by atoms with van der Waals surface area (Å²) < 4.78 is 32.6. The summed E-state index contributed by atoms with van der Waals surface area (Å²) in [6.07, 6.45) is 2.69. The van der Waals surface area contributed by atoms with Gasteiger partial charge in [-0.3, -0.25) is 4.79 Å². The number of ether oxygens (including phenoxy) is 1. The summed E-state index contributed by atoms with van der Waals surface area (Å²) in [4.78, 5) is 12.9. The second kappa shape index (κ2) is 10.8. The zero-order chi connectivity index (χ0) is 22.3. The summed E-state index contributed by atoms with van der Waals surface area (Å²) in [6, 6.07) is 17.3. The van der Waals surface area contributed by atoms with Crippen LogP contribution in [0.3, 0.4) is 0 Å². The Hall–Kier alpha value is -2.38. The first kappa shape index (κ1) is 23.3. The molecule has 6 nitrogen and oxygen atoms in total. The van der Waals surface area contributed by atoms with E-state index in [1.54, 1.807) is 7.11 Å². The number of sulfonamides is 1. The molecule has 1 heterocycles. The highest BCUT2D eigenvalue weighted by Gasteiger charge is 2.32. The maximum absolute atomic E-state index is 12.9. The van der Waals surface area contributed by atoms with Gasteiger partial charge in [-0.2, -0.15) is 0 Å². The third kappa shape index (κ3) is 6.31. The molecular formula is C24H32N2O4S. The highest BCUT2D eigenvalue weighted by atomic mass is 32.2. The van der Waals surface area contributed by atoms with Gasteiger partial charge in [0.15, 0.2) is 0 Å². The van der Waals surface area contributed by atoms with E-state index in [0.29, 0.717) is 25.8 Å². The lowest BCUT2D eigenvalue weighted by Crippen LogP contribution is -2.46. The monoisotopic (exact) mass is 444 g/mol. The minimum absolute atomic E-state index is 0.105. The molecule has 1 N–H and O–H groups in total. The molecule has 3 rings (SSSR count). The zero-order valence-electron chi connectivity index (χ0n) is 18.3. The van der Waals surface area contributed by atoms with Crippen LogP contribution in [-0.4, -0.2) is 44.6 Å². The summed E-state index contributed by atoms with van der Waals surface area (Å²) in [5.41, 5.74) is 2.04. The van der Waals surface area contributed by atoms with Crippen molar-refractivity contribution in [1.29, 1.82) is 0 Å². The number of amides is 1. The van der Waals surface area contributed by atoms with Crippen molar-refractivity contribution in [2.24, 2.45) is 5.92 Å². The molecule has 1 fully saturated rings. The standard InChI is InChI=1S/C24H32N2O4S/c1-19(22-14-6-7-15-23(22)30-2)25-24(27)21-13-8-16-26(18-21)31(28,29)17-9-12-20-10-4-3-5-11-20/h3-7,10-11,14-15,19,21H,8-9,12-13,16-18H2,1-2H3,(H,25,27)/t19-,21+/m0/s1. The van der Waals surface area contributed by atoms with E-state index in [1.165, 1.54) is 4.31 Å². The third-order valence-corrected chi connectivity index (χ3v) is 7.75. The van der Waals surface area contributed by atoms with Gasteiger partial charge in [0.2, 0.25) is 15.9 Å². The highest BCUT2D eigenvalue weighted by Crippen LogP contribution is 2.26. The maximum atomic E-state index is 12.9. The number of methoxy groups -OCH3 is 1. The molecule has 0 radical (unpaired) electrons. The summed E-state index contributed by atoms with van der Waals surface area (Å²) in [6.45, 7) is 2.65. The molecule has 1 aliphatic rings. The van der Waals surface area contributed by atoms with Crippen molar-refractivity contribution < 1.29 is 17.9 Å². The number of hydrogen-bond acceptors (Lipinski definition) is 4. The van der Waals surface area contributed by atoms with E-state index in [1.807, 2.05) is 61.5 Å². The quantitative estimate of drug-likeness (QED) is 0.642. The minimum Gasteiger partial charge on any atom is -0.496 e. The number of nitrogens with one attached hydrogen (secondary N) is 1. The van der Waals surface area contributed by atoms with Crippen LogP contribution in [0.2, 0.25) is 0 Å². The average Bonchev–Trinajstić information content (AvgIpc) is 2.79. The Balaban J connectivity index is 1.55. The van der Waals surface area contributed by atoms with Gasteiger partial charge in [-0.15, -0.1) is 0 Å². The number of carbonyl (C=O) groups is 1.